The largest absolute Gasteiger partial charge is 0.353 e. The molecule has 3 aliphatic rings. The van der Waals surface area contributed by atoms with E-state index in [-0.39, 0.29) is 29.7 Å². The van der Waals surface area contributed by atoms with Crippen molar-refractivity contribution in [2.45, 2.75) is 155 Å². The van der Waals surface area contributed by atoms with E-state index >= 15 is 0 Å². The summed E-state index contributed by atoms with van der Waals surface area (Å²) in [5, 5.41) is 21.5. The van der Waals surface area contributed by atoms with Gasteiger partial charge >= 0.3 is 0 Å². The number of likely N-dealkylation sites (tertiary alicyclic amines) is 1. The van der Waals surface area contributed by atoms with Crippen LogP contribution in [0.15, 0.2) is 24.3 Å². The van der Waals surface area contributed by atoms with Crippen molar-refractivity contribution in [3.8, 4) is 0 Å². The third kappa shape index (κ3) is 18.9. The Morgan fingerprint density at radius 2 is 1.27 bits per heavy atom. The maximum absolute atomic E-state index is 13.9. The molecular formula is C52H84FN11O9. The molecule has 2 aliphatic heterocycles. The van der Waals surface area contributed by atoms with Crippen molar-refractivity contribution in [3.05, 3.63) is 35.6 Å². The van der Waals surface area contributed by atoms with Crippen molar-refractivity contribution in [2.24, 2.45) is 17.8 Å². The van der Waals surface area contributed by atoms with Gasteiger partial charge in [-0.2, -0.15) is 0 Å². The van der Waals surface area contributed by atoms with Gasteiger partial charge in [0.05, 0.1) is 13.1 Å². The number of carbonyl (C=O) groups is 9. The van der Waals surface area contributed by atoms with E-state index in [9.17, 15) is 47.5 Å². The van der Waals surface area contributed by atoms with Crippen LogP contribution in [0.4, 0.5) is 4.39 Å². The molecule has 1 aromatic carbocycles. The van der Waals surface area contributed by atoms with Crippen LogP contribution in [-0.2, 0) is 38.4 Å². The molecule has 4 atom stereocenters. The number of benzene rings is 1. The highest BCUT2D eigenvalue weighted by Crippen LogP contribution is 2.29. The molecule has 1 aromatic rings. The molecule has 0 bridgehead atoms. The number of likely N-dealkylation sites (N-methyl/N-ethyl adjacent to an activating group) is 1. The first-order chi connectivity index (χ1) is 34.2. The van der Waals surface area contributed by atoms with Crippen LogP contribution in [0.5, 0.6) is 0 Å². The summed E-state index contributed by atoms with van der Waals surface area (Å²) in [5.41, 5.74) is -4.14. The molecule has 2 heterocycles. The molecule has 1 aliphatic carbocycles. The van der Waals surface area contributed by atoms with Crippen molar-refractivity contribution >= 4 is 53.2 Å². The molecule has 0 aromatic heterocycles. The highest BCUT2D eigenvalue weighted by atomic mass is 19.1. The third-order valence-electron chi connectivity index (χ3n) is 13.9. The minimum Gasteiger partial charge on any atom is -0.353 e. The van der Waals surface area contributed by atoms with E-state index in [0.29, 0.717) is 44.8 Å². The van der Waals surface area contributed by atoms with Gasteiger partial charge in [0.2, 0.25) is 47.3 Å². The Morgan fingerprint density at radius 1 is 0.685 bits per heavy atom. The van der Waals surface area contributed by atoms with Gasteiger partial charge in [-0.1, -0.05) is 52.9 Å². The standard InChI is InChI=1S/C52H84FN11O9/c1-33(2)28-39(44(68)60-52(8,9)49(73)61-51(6,7)47(71)54-22-23-63-26-24-62(10)25-27-63)57-41(65)30-56-48(72)50(4,5)59-42(66)31-55-43(67)38(21-16-35-14-12-11-13-15-35)58-45(69)40-29-34(3)32-64(40)46(70)36-17-19-37(53)20-18-36/h17-20,33-35,38-40H,11-16,21-32H2,1-10H3,(H,54,71)(H,55,67)(H,56,72)(H,57,65)(H,58,69)(H,59,66)(H,60,68)(H,61,73)/t34?,38?,39?,40-/m0/s1. The Balaban J connectivity index is 1.28. The summed E-state index contributed by atoms with van der Waals surface area (Å²) in [7, 11) is 2.07. The number of nitrogens with one attached hydrogen (secondary N) is 8. The van der Waals surface area contributed by atoms with E-state index in [1.165, 1.54) is 56.9 Å². The lowest BCUT2D eigenvalue weighted by Gasteiger charge is -2.34. The Morgan fingerprint density at radius 3 is 1.90 bits per heavy atom. The van der Waals surface area contributed by atoms with Crippen LogP contribution in [0.3, 0.4) is 0 Å². The van der Waals surface area contributed by atoms with Crippen molar-refractivity contribution in [3.63, 3.8) is 0 Å². The fourth-order valence-corrected chi connectivity index (χ4v) is 9.33. The molecule has 408 valence electrons. The van der Waals surface area contributed by atoms with E-state index in [1.54, 1.807) is 13.8 Å². The zero-order chi connectivity index (χ0) is 54.3. The Kier molecular flexibility index (Phi) is 22.2. The zero-order valence-electron chi connectivity index (χ0n) is 44.9. The fourth-order valence-electron chi connectivity index (χ4n) is 9.33. The van der Waals surface area contributed by atoms with E-state index in [0.717, 1.165) is 58.3 Å². The van der Waals surface area contributed by atoms with Crippen LogP contribution in [0.25, 0.3) is 0 Å². The molecule has 0 radical (unpaired) electrons. The summed E-state index contributed by atoms with van der Waals surface area (Å²) in [4.78, 5) is 127. The van der Waals surface area contributed by atoms with Gasteiger partial charge in [-0.3, -0.25) is 48.1 Å². The summed E-state index contributed by atoms with van der Waals surface area (Å²) in [6, 6.07) is 2.11. The number of nitrogens with zero attached hydrogens (tertiary/aromatic N) is 3. The van der Waals surface area contributed by atoms with Gasteiger partial charge in [0.1, 0.15) is 40.6 Å². The predicted molar refractivity (Wildman–Crippen MR) is 274 cm³/mol. The lowest BCUT2D eigenvalue weighted by Crippen LogP contribution is -2.64. The average molecular weight is 1030 g/mol. The molecule has 2 saturated heterocycles. The minimum atomic E-state index is -1.57. The van der Waals surface area contributed by atoms with Gasteiger partial charge < -0.3 is 52.3 Å². The Hall–Kier alpha value is -5.70. The monoisotopic (exact) mass is 1030 g/mol. The van der Waals surface area contributed by atoms with Gasteiger partial charge in [-0.15, -0.1) is 0 Å². The fraction of sp³-hybridized carbons (Fsp3) is 0.712. The van der Waals surface area contributed by atoms with Crippen LogP contribution in [0.2, 0.25) is 0 Å². The van der Waals surface area contributed by atoms with Gasteiger partial charge in [-0.25, -0.2) is 4.39 Å². The van der Waals surface area contributed by atoms with E-state index in [4.69, 9.17) is 0 Å². The summed E-state index contributed by atoms with van der Waals surface area (Å²) in [6.07, 6.45) is 6.86. The second-order valence-corrected chi connectivity index (χ2v) is 22.4. The number of carbonyl (C=O) groups excluding carboxylic acids is 9. The SMILES string of the molecule is CC(C)CC(NC(=O)CNC(=O)C(C)(C)NC(=O)CNC(=O)C(CCC1CCCCC1)NC(=O)[C@@H]1CC(C)CN1C(=O)c1ccc(F)cc1)C(=O)NC(C)(C)C(=O)NC(C)(C)C(=O)NCCN1CCN(C)CC1. The van der Waals surface area contributed by atoms with E-state index < -0.39 is 101 Å². The van der Waals surface area contributed by atoms with Crippen molar-refractivity contribution in [2.75, 3.05) is 66.0 Å². The number of rotatable bonds is 24. The Bertz CT molecular complexity index is 2100. The second-order valence-electron chi connectivity index (χ2n) is 22.4. The normalized spacial score (nSPS) is 19.0. The second kappa shape index (κ2) is 27.0. The quantitative estimate of drug-likeness (QED) is 0.0733. The zero-order valence-corrected chi connectivity index (χ0v) is 44.9. The first kappa shape index (κ1) is 59.9. The summed E-state index contributed by atoms with van der Waals surface area (Å²) < 4.78 is 13.6. The molecule has 73 heavy (non-hydrogen) atoms. The van der Waals surface area contributed by atoms with Crippen molar-refractivity contribution in [1.29, 1.82) is 0 Å². The van der Waals surface area contributed by atoms with Crippen LogP contribution >= 0.6 is 0 Å². The number of amides is 9. The highest BCUT2D eigenvalue weighted by molar-refractivity contribution is 6.00. The third-order valence-corrected chi connectivity index (χ3v) is 13.9. The molecule has 8 N–H and O–H groups in total. The molecular weight excluding hydrogens is 942 g/mol. The number of hydrogen-bond donors (Lipinski definition) is 8. The predicted octanol–water partition coefficient (Wildman–Crippen LogP) is 1.33. The van der Waals surface area contributed by atoms with Crippen molar-refractivity contribution in [1.82, 2.24) is 57.2 Å². The topological polar surface area (TPSA) is 260 Å². The maximum atomic E-state index is 13.9. The average Bonchev–Trinajstić information content (AvgIpc) is 3.72. The van der Waals surface area contributed by atoms with Gasteiger partial charge in [0.15, 0.2) is 0 Å². The number of piperazine rings is 1. The van der Waals surface area contributed by atoms with Crippen LogP contribution in [0, 0.1) is 23.6 Å². The Labute approximate surface area is 430 Å². The van der Waals surface area contributed by atoms with Crippen LogP contribution in [0.1, 0.15) is 130 Å². The smallest absolute Gasteiger partial charge is 0.254 e. The number of halogens is 1. The van der Waals surface area contributed by atoms with Crippen molar-refractivity contribution < 1.29 is 47.5 Å². The molecule has 20 nitrogen and oxygen atoms in total. The molecule has 0 spiro atoms. The van der Waals surface area contributed by atoms with Gasteiger partial charge in [-0.05, 0) is 116 Å². The lowest BCUT2D eigenvalue weighted by molar-refractivity contribution is -0.138. The van der Waals surface area contributed by atoms with E-state index in [2.05, 4.69) is 59.4 Å². The molecule has 9 amide bonds. The number of hydrogen-bond acceptors (Lipinski definition) is 11. The molecule has 1 saturated carbocycles. The summed E-state index contributed by atoms with van der Waals surface area (Å²) in [5.74, 6) is -5.56. The first-order valence-corrected chi connectivity index (χ1v) is 26.0. The van der Waals surface area contributed by atoms with Gasteiger partial charge in [0, 0.05) is 51.4 Å². The highest BCUT2D eigenvalue weighted by Gasteiger charge is 2.41. The summed E-state index contributed by atoms with van der Waals surface area (Å²) >= 11 is 0. The molecule has 3 fully saturated rings. The molecule has 3 unspecified atom stereocenters. The summed E-state index contributed by atoms with van der Waals surface area (Å²) in [6.45, 7) is 18.6. The molecule has 4 rings (SSSR count). The van der Waals surface area contributed by atoms with Gasteiger partial charge in [0.25, 0.3) is 5.91 Å². The maximum Gasteiger partial charge on any atom is 0.254 e. The first-order valence-electron chi connectivity index (χ1n) is 26.0. The van der Waals surface area contributed by atoms with Crippen LogP contribution in [-0.4, -0.2) is 169 Å². The van der Waals surface area contributed by atoms with E-state index in [1.807, 2.05) is 20.8 Å². The van der Waals surface area contributed by atoms with Crippen LogP contribution < -0.4 is 42.5 Å². The molecule has 21 heteroatoms. The minimum absolute atomic E-state index is 0.00953. The lowest BCUT2D eigenvalue weighted by atomic mass is 9.85.